The van der Waals surface area contributed by atoms with Crippen molar-refractivity contribution in [2.75, 3.05) is 20.3 Å². The summed E-state index contributed by atoms with van der Waals surface area (Å²) < 4.78 is 22.3. The van der Waals surface area contributed by atoms with Gasteiger partial charge in [-0.05, 0) is 26.7 Å². The molecule has 1 heterocycles. The standard InChI is InChI=1S/C14H26O5/c1-9-6-11(7-10(2)18-9)19-13-8-12(15)14(13)17-5-4-16-3/h9-15H,4-8H2,1-3H3. The van der Waals surface area contributed by atoms with Gasteiger partial charge in [-0.3, -0.25) is 0 Å². The molecule has 2 aliphatic rings. The minimum Gasteiger partial charge on any atom is -0.390 e. The molecule has 2 fully saturated rings. The summed E-state index contributed by atoms with van der Waals surface area (Å²) in [6, 6.07) is 0. The van der Waals surface area contributed by atoms with Gasteiger partial charge in [0.05, 0.1) is 43.7 Å². The van der Waals surface area contributed by atoms with E-state index in [0.717, 1.165) is 12.8 Å². The summed E-state index contributed by atoms with van der Waals surface area (Å²) in [5.74, 6) is 0. The second-order valence-electron chi connectivity index (χ2n) is 5.66. The van der Waals surface area contributed by atoms with Crippen LogP contribution in [-0.2, 0) is 18.9 Å². The number of aliphatic hydroxyl groups excluding tert-OH is 1. The fourth-order valence-corrected chi connectivity index (χ4v) is 2.88. The number of hydrogen-bond acceptors (Lipinski definition) is 5. The highest BCUT2D eigenvalue weighted by Gasteiger charge is 2.43. The zero-order chi connectivity index (χ0) is 13.8. The lowest BCUT2D eigenvalue weighted by Gasteiger charge is -2.44. The summed E-state index contributed by atoms with van der Waals surface area (Å²) in [7, 11) is 1.64. The lowest BCUT2D eigenvalue weighted by Crippen LogP contribution is -2.55. The number of methoxy groups -OCH3 is 1. The van der Waals surface area contributed by atoms with Crippen LogP contribution in [0, 0.1) is 0 Å². The Balaban J connectivity index is 1.75. The van der Waals surface area contributed by atoms with Gasteiger partial charge in [0.2, 0.25) is 0 Å². The monoisotopic (exact) mass is 274 g/mol. The van der Waals surface area contributed by atoms with Crippen molar-refractivity contribution in [2.45, 2.75) is 69.7 Å². The van der Waals surface area contributed by atoms with E-state index in [2.05, 4.69) is 13.8 Å². The molecule has 1 aliphatic heterocycles. The fourth-order valence-electron chi connectivity index (χ4n) is 2.88. The second kappa shape index (κ2) is 6.99. The van der Waals surface area contributed by atoms with Crippen LogP contribution in [0.5, 0.6) is 0 Å². The van der Waals surface area contributed by atoms with E-state index in [4.69, 9.17) is 18.9 Å². The first-order chi connectivity index (χ1) is 9.10. The maximum absolute atomic E-state index is 9.74. The molecule has 5 atom stereocenters. The topological polar surface area (TPSA) is 57.2 Å². The Bertz CT molecular complexity index is 263. The zero-order valence-corrected chi connectivity index (χ0v) is 12.1. The molecule has 0 aromatic heterocycles. The summed E-state index contributed by atoms with van der Waals surface area (Å²) in [4.78, 5) is 0. The summed E-state index contributed by atoms with van der Waals surface area (Å²) >= 11 is 0. The van der Waals surface area contributed by atoms with Crippen LogP contribution < -0.4 is 0 Å². The van der Waals surface area contributed by atoms with Crippen LogP contribution in [0.25, 0.3) is 0 Å². The van der Waals surface area contributed by atoms with Crippen molar-refractivity contribution in [3.05, 3.63) is 0 Å². The molecular formula is C14H26O5. The Kier molecular flexibility index (Phi) is 5.59. The van der Waals surface area contributed by atoms with Crippen molar-refractivity contribution in [2.24, 2.45) is 0 Å². The van der Waals surface area contributed by atoms with Crippen molar-refractivity contribution in [3.8, 4) is 0 Å². The Hall–Kier alpha value is -0.200. The van der Waals surface area contributed by atoms with E-state index in [-0.39, 0.29) is 30.5 Å². The van der Waals surface area contributed by atoms with E-state index >= 15 is 0 Å². The predicted molar refractivity (Wildman–Crippen MR) is 70.1 cm³/mol. The summed E-state index contributed by atoms with van der Waals surface area (Å²) in [5, 5.41) is 9.74. The Labute approximate surface area is 115 Å². The molecule has 112 valence electrons. The van der Waals surface area contributed by atoms with Gasteiger partial charge in [0.1, 0.15) is 6.10 Å². The van der Waals surface area contributed by atoms with Gasteiger partial charge in [0.15, 0.2) is 0 Å². The minimum absolute atomic E-state index is 0.00866. The largest absolute Gasteiger partial charge is 0.390 e. The van der Waals surface area contributed by atoms with Crippen LogP contribution in [-0.4, -0.2) is 62.1 Å². The van der Waals surface area contributed by atoms with Crippen LogP contribution in [0.1, 0.15) is 33.1 Å². The molecule has 0 aromatic carbocycles. The summed E-state index contributed by atoms with van der Waals surface area (Å²) in [6.45, 7) is 5.20. The van der Waals surface area contributed by atoms with E-state index in [1.54, 1.807) is 7.11 Å². The molecule has 19 heavy (non-hydrogen) atoms. The second-order valence-corrected chi connectivity index (χ2v) is 5.66. The molecule has 0 radical (unpaired) electrons. The van der Waals surface area contributed by atoms with E-state index in [1.807, 2.05) is 0 Å². The Morgan fingerprint density at radius 2 is 1.79 bits per heavy atom. The third kappa shape index (κ3) is 4.13. The van der Waals surface area contributed by atoms with Crippen molar-refractivity contribution >= 4 is 0 Å². The van der Waals surface area contributed by atoms with Crippen molar-refractivity contribution in [3.63, 3.8) is 0 Å². The predicted octanol–water partition coefficient (Wildman–Crippen LogP) is 1.12. The number of hydrogen-bond donors (Lipinski definition) is 1. The van der Waals surface area contributed by atoms with E-state index in [1.165, 1.54) is 0 Å². The van der Waals surface area contributed by atoms with Crippen LogP contribution >= 0.6 is 0 Å². The van der Waals surface area contributed by atoms with Crippen molar-refractivity contribution in [1.29, 1.82) is 0 Å². The molecule has 1 N–H and O–H groups in total. The molecule has 5 heteroatoms. The smallest absolute Gasteiger partial charge is 0.110 e. The highest BCUT2D eigenvalue weighted by atomic mass is 16.6. The minimum atomic E-state index is -0.406. The lowest BCUT2D eigenvalue weighted by molar-refractivity contribution is -0.225. The fraction of sp³-hybridized carbons (Fsp3) is 1.00. The molecule has 0 amide bonds. The molecule has 0 bridgehead atoms. The lowest BCUT2D eigenvalue weighted by atomic mass is 9.87. The highest BCUT2D eigenvalue weighted by Crippen LogP contribution is 2.31. The molecule has 1 saturated heterocycles. The molecule has 2 rings (SSSR count). The van der Waals surface area contributed by atoms with Crippen LogP contribution in [0.2, 0.25) is 0 Å². The third-order valence-electron chi connectivity index (χ3n) is 3.84. The maximum Gasteiger partial charge on any atom is 0.110 e. The molecule has 5 unspecified atom stereocenters. The van der Waals surface area contributed by atoms with E-state index in [0.29, 0.717) is 19.6 Å². The molecule has 0 aromatic rings. The maximum atomic E-state index is 9.74. The number of rotatable bonds is 6. The van der Waals surface area contributed by atoms with Crippen LogP contribution in [0.4, 0.5) is 0 Å². The molecule has 1 aliphatic carbocycles. The molecule has 1 saturated carbocycles. The normalized spacial score (nSPS) is 42.9. The van der Waals surface area contributed by atoms with E-state index < -0.39 is 6.10 Å². The molecular weight excluding hydrogens is 248 g/mol. The van der Waals surface area contributed by atoms with Gasteiger partial charge in [-0.25, -0.2) is 0 Å². The average Bonchev–Trinajstić information content (AvgIpc) is 2.33. The van der Waals surface area contributed by atoms with Gasteiger partial charge in [-0.2, -0.15) is 0 Å². The first-order valence-electron chi connectivity index (χ1n) is 7.19. The number of ether oxygens (including phenoxy) is 4. The Morgan fingerprint density at radius 3 is 2.37 bits per heavy atom. The highest BCUT2D eigenvalue weighted by molar-refractivity contribution is 4.93. The van der Waals surface area contributed by atoms with E-state index in [9.17, 15) is 5.11 Å². The van der Waals surface area contributed by atoms with Gasteiger partial charge in [0, 0.05) is 13.5 Å². The Morgan fingerprint density at radius 1 is 1.11 bits per heavy atom. The quantitative estimate of drug-likeness (QED) is 0.736. The average molecular weight is 274 g/mol. The first kappa shape index (κ1) is 15.2. The van der Waals surface area contributed by atoms with Crippen molar-refractivity contribution < 1.29 is 24.1 Å². The molecule has 5 nitrogen and oxygen atoms in total. The van der Waals surface area contributed by atoms with Crippen LogP contribution in [0.15, 0.2) is 0 Å². The van der Waals surface area contributed by atoms with Gasteiger partial charge in [-0.1, -0.05) is 0 Å². The summed E-state index contributed by atoms with van der Waals surface area (Å²) in [6.07, 6.45) is 2.60. The van der Waals surface area contributed by atoms with Gasteiger partial charge in [-0.15, -0.1) is 0 Å². The SMILES string of the molecule is COCCOC1C(O)CC1OC1CC(C)OC(C)C1. The van der Waals surface area contributed by atoms with Crippen LogP contribution in [0.3, 0.4) is 0 Å². The third-order valence-corrected chi connectivity index (χ3v) is 3.84. The number of aliphatic hydroxyl groups is 1. The first-order valence-corrected chi connectivity index (χ1v) is 7.19. The van der Waals surface area contributed by atoms with Crippen molar-refractivity contribution in [1.82, 2.24) is 0 Å². The van der Waals surface area contributed by atoms with Gasteiger partial charge >= 0.3 is 0 Å². The molecule has 0 spiro atoms. The summed E-state index contributed by atoms with van der Waals surface area (Å²) in [5.41, 5.74) is 0. The van der Waals surface area contributed by atoms with Gasteiger partial charge in [0.25, 0.3) is 0 Å². The zero-order valence-electron chi connectivity index (χ0n) is 12.1. The van der Waals surface area contributed by atoms with Gasteiger partial charge < -0.3 is 24.1 Å².